The van der Waals surface area contributed by atoms with Crippen molar-refractivity contribution in [3.63, 3.8) is 0 Å². The number of nitrogens with two attached hydrogens (primary N) is 1. The molecule has 0 aromatic heterocycles. The third-order valence-corrected chi connectivity index (χ3v) is 3.82. The summed E-state index contributed by atoms with van der Waals surface area (Å²) in [5.41, 5.74) is 7.17. The zero-order chi connectivity index (χ0) is 15.7. The number of halogens is 2. The summed E-state index contributed by atoms with van der Waals surface area (Å²) in [4.78, 5) is 14.4. The second-order valence-electron chi connectivity index (χ2n) is 5.67. The van der Waals surface area contributed by atoms with Gasteiger partial charge in [0.1, 0.15) is 0 Å². The van der Waals surface area contributed by atoms with Crippen LogP contribution in [-0.2, 0) is 4.79 Å². The molecule has 0 aliphatic rings. The van der Waals surface area contributed by atoms with Crippen molar-refractivity contribution in [2.24, 2.45) is 11.7 Å². The van der Waals surface area contributed by atoms with Crippen molar-refractivity contribution in [1.29, 1.82) is 0 Å². The largest absolute Gasteiger partial charge is 0.355 e. The van der Waals surface area contributed by atoms with E-state index < -0.39 is 0 Å². The number of likely N-dealkylation sites (N-methyl/N-ethyl adjacent to an activating group) is 1. The SMILES string of the molecule is CCCCN(C)CCNC(=O)C(C)C(N)c1ccccc1.Cl.Cl. The van der Waals surface area contributed by atoms with Gasteiger partial charge < -0.3 is 16.0 Å². The van der Waals surface area contributed by atoms with Crippen LogP contribution in [0.5, 0.6) is 0 Å². The monoisotopic (exact) mass is 363 g/mol. The molecule has 0 bridgehead atoms. The molecular formula is C17H31Cl2N3O. The predicted molar refractivity (Wildman–Crippen MR) is 102 cm³/mol. The number of nitrogens with one attached hydrogen (secondary N) is 1. The minimum absolute atomic E-state index is 0. The molecule has 0 spiro atoms. The number of nitrogens with zero attached hydrogens (tertiary/aromatic N) is 1. The highest BCUT2D eigenvalue weighted by Crippen LogP contribution is 2.18. The first-order chi connectivity index (χ1) is 10.1. The molecule has 2 atom stereocenters. The molecule has 0 aliphatic carbocycles. The third-order valence-electron chi connectivity index (χ3n) is 3.82. The van der Waals surface area contributed by atoms with Gasteiger partial charge in [0.05, 0.1) is 5.92 Å². The lowest BCUT2D eigenvalue weighted by atomic mass is 9.95. The van der Waals surface area contributed by atoms with Gasteiger partial charge >= 0.3 is 0 Å². The highest BCUT2D eigenvalue weighted by Gasteiger charge is 2.21. The summed E-state index contributed by atoms with van der Waals surface area (Å²) in [7, 11) is 2.08. The summed E-state index contributed by atoms with van der Waals surface area (Å²) >= 11 is 0. The van der Waals surface area contributed by atoms with Gasteiger partial charge in [-0.2, -0.15) is 0 Å². The van der Waals surface area contributed by atoms with Gasteiger partial charge in [0.2, 0.25) is 5.91 Å². The van der Waals surface area contributed by atoms with Crippen LogP contribution in [0.15, 0.2) is 30.3 Å². The van der Waals surface area contributed by atoms with Crippen LogP contribution >= 0.6 is 24.8 Å². The normalized spacial score (nSPS) is 12.7. The Kier molecular flexibility index (Phi) is 14.5. The topological polar surface area (TPSA) is 58.4 Å². The lowest BCUT2D eigenvalue weighted by Gasteiger charge is -2.21. The molecule has 1 rings (SSSR count). The number of carbonyl (C=O) groups is 1. The highest BCUT2D eigenvalue weighted by molar-refractivity contribution is 5.85. The Bertz CT molecular complexity index is 418. The van der Waals surface area contributed by atoms with Crippen LogP contribution in [-0.4, -0.2) is 37.5 Å². The van der Waals surface area contributed by atoms with Crippen molar-refractivity contribution in [3.8, 4) is 0 Å². The van der Waals surface area contributed by atoms with Crippen LogP contribution in [0.2, 0.25) is 0 Å². The van der Waals surface area contributed by atoms with E-state index in [0.29, 0.717) is 6.54 Å². The molecule has 0 radical (unpaired) electrons. The van der Waals surface area contributed by atoms with E-state index in [0.717, 1.165) is 18.7 Å². The summed E-state index contributed by atoms with van der Waals surface area (Å²) in [5.74, 6) is -0.205. The molecule has 3 N–H and O–H groups in total. The van der Waals surface area contributed by atoms with Crippen LogP contribution in [0.4, 0.5) is 0 Å². The molecule has 0 saturated heterocycles. The molecule has 4 nitrogen and oxygen atoms in total. The summed E-state index contributed by atoms with van der Waals surface area (Å²) in [6, 6.07) is 9.52. The van der Waals surface area contributed by atoms with Crippen LogP contribution in [0.1, 0.15) is 38.3 Å². The molecular weight excluding hydrogens is 333 g/mol. The van der Waals surface area contributed by atoms with Crippen LogP contribution < -0.4 is 11.1 Å². The number of unbranched alkanes of at least 4 members (excludes halogenated alkanes) is 1. The van der Waals surface area contributed by atoms with Gasteiger partial charge in [0.25, 0.3) is 0 Å². The Balaban J connectivity index is 0. The number of hydrogen-bond donors (Lipinski definition) is 2. The summed E-state index contributed by atoms with van der Waals surface area (Å²) in [6.45, 7) is 6.69. The van der Waals surface area contributed by atoms with E-state index in [1.807, 2.05) is 37.3 Å². The van der Waals surface area contributed by atoms with Crippen LogP contribution in [0.3, 0.4) is 0 Å². The molecule has 1 aromatic carbocycles. The predicted octanol–water partition coefficient (Wildman–Crippen LogP) is 3.01. The first kappa shape index (κ1) is 24.4. The number of amides is 1. The maximum atomic E-state index is 12.1. The van der Waals surface area contributed by atoms with E-state index in [1.54, 1.807) is 0 Å². The minimum Gasteiger partial charge on any atom is -0.355 e. The molecule has 6 heteroatoms. The maximum absolute atomic E-state index is 12.1. The summed E-state index contributed by atoms with van der Waals surface area (Å²) in [5, 5.41) is 2.98. The van der Waals surface area contributed by atoms with E-state index in [2.05, 4.69) is 24.2 Å². The number of benzene rings is 1. The van der Waals surface area contributed by atoms with Crippen molar-refractivity contribution < 1.29 is 4.79 Å². The van der Waals surface area contributed by atoms with Gasteiger partial charge in [-0.25, -0.2) is 0 Å². The maximum Gasteiger partial charge on any atom is 0.224 e. The number of rotatable bonds is 9. The van der Waals surface area contributed by atoms with Crippen LogP contribution in [0.25, 0.3) is 0 Å². The van der Waals surface area contributed by atoms with Gasteiger partial charge in [-0.3, -0.25) is 4.79 Å². The fourth-order valence-electron chi connectivity index (χ4n) is 2.20. The smallest absolute Gasteiger partial charge is 0.224 e. The quantitative estimate of drug-likeness (QED) is 0.708. The zero-order valence-corrected chi connectivity index (χ0v) is 16.0. The van der Waals surface area contributed by atoms with Gasteiger partial charge in [-0.1, -0.05) is 50.6 Å². The third kappa shape index (κ3) is 9.16. The molecule has 0 heterocycles. The number of hydrogen-bond acceptors (Lipinski definition) is 3. The lowest BCUT2D eigenvalue weighted by molar-refractivity contribution is -0.125. The second-order valence-corrected chi connectivity index (χ2v) is 5.67. The molecule has 134 valence electrons. The van der Waals surface area contributed by atoms with E-state index in [4.69, 9.17) is 5.73 Å². The van der Waals surface area contributed by atoms with E-state index >= 15 is 0 Å². The van der Waals surface area contributed by atoms with Gasteiger partial charge in [0, 0.05) is 19.1 Å². The average Bonchev–Trinajstić information content (AvgIpc) is 2.52. The lowest BCUT2D eigenvalue weighted by Crippen LogP contribution is -2.39. The molecule has 23 heavy (non-hydrogen) atoms. The molecule has 0 saturated carbocycles. The fourth-order valence-corrected chi connectivity index (χ4v) is 2.20. The molecule has 1 aromatic rings. The fraction of sp³-hybridized carbons (Fsp3) is 0.588. The number of carbonyl (C=O) groups excluding carboxylic acids is 1. The first-order valence-corrected chi connectivity index (χ1v) is 7.83. The van der Waals surface area contributed by atoms with Crippen molar-refractivity contribution >= 4 is 30.7 Å². The van der Waals surface area contributed by atoms with Crippen molar-refractivity contribution in [3.05, 3.63) is 35.9 Å². The van der Waals surface area contributed by atoms with Crippen molar-refractivity contribution in [2.45, 2.75) is 32.7 Å². The van der Waals surface area contributed by atoms with Gasteiger partial charge in [-0.15, -0.1) is 24.8 Å². The molecule has 1 amide bonds. The standard InChI is InChI=1S/C17H29N3O.2ClH/c1-4-5-12-20(3)13-11-19-17(21)14(2)16(18)15-9-7-6-8-10-15;;/h6-10,14,16H,4-5,11-13,18H2,1-3H3,(H,19,21);2*1H. The van der Waals surface area contributed by atoms with E-state index in [1.165, 1.54) is 12.8 Å². The van der Waals surface area contributed by atoms with Crippen molar-refractivity contribution in [2.75, 3.05) is 26.7 Å². The van der Waals surface area contributed by atoms with Crippen LogP contribution in [0, 0.1) is 5.92 Å². The second kappa shape index (κ2) is 13.6. The van der Waals surface area contributed by atoms with Gasteiger partial charge in [-0.05, 0) is 25.6 Å². The summed E-state index contributed by atoms with van der Waals surface area (Å²) < 4.78 is 0. The molecule has 0 aliphatic heterocycles. The zero-order valence-electron chi connectivity index (χ0n) is 14.3. The first-order valence-electron chi connectivity index (χ1n) is 7.83. The Labute approximate surface area is 153 Å². The molecule has 2 unspecified atom stereocenters. The minimum atomic E-state index is -0.260. The average molecular weight is 364 g/mol. The highest BCUT2D eigenvalue weighted by atomic mass is 35.5. The van der Waals surface area contributed by atoms with Crippen molar-refractivity contribution in [1.82, 2.24) is 10.2 Å². The van der Waals surface area contributed by atoms with Gasteiger partial charge in [0.15, 0.2) is 0 Å². The van der Waals surface area contributed by atoms with E-state index in [-0.39, 0.29) is 42.7 Å². The Morgan fingerprint density at radius 3 is 2.39 bits per heavy atom. The Morgan fingerprint density at radius 2 is 1.83 bits per heavy atom. The summed E-state index contributed by atoms with van der Waals surface area (Å²) in [6.07, 6.45) is 2.39. The Hall–Kier alpha value is -0.810. The Morgan fingerprint density at radius 1 is 1.22 bits per heavy atom. The van der Waals surface area contributed by atoms with E-state index in [9.17, 15) is 4.79 Å². The molecule has 0 fully saturated rings.